The molecule has 4 aromatic carbocycles. The fourth-order valence-electron chi connectivity index (χ4n) is 6.37. The number of halogens is 2. The second kappa shape index (κ2) is 13.7. The predicted octanol–water partition coefficient (Wildman–Crippen LogP) is 3.94. The van der Waals surface area contributed by atoms with Crippen LogP contribution in [0.2, 0.25) is 0 Å². The fourth-order valence-corrected chi connectivity index (χ4v) is 14.5. The summed E-state index contributed by atoms with van der Waals surface area (Å²) in [6.07, 6.45) is 11.1. The van der Waals surface area contributed by atoms with E-state index in [0.717, 1.165) is 12.8 Å². The Bertz CT molecular complexity index is 1780. The van der Waals surface area contributed by atoms with E-state index in [1.807, 2.05) is 12.2 Å². The third-order valence-electron chi connectivity index (χ3n) is 8.79. The molecular weight excluding hydrogens is 655 g/mol. The zero-order valence-electron chi connectivity index (χ0n) is 26.4. The van der Waals surface area contributed by atoms with Crippen molar-refractivity contribution in [3.05, 3.63) is 158 Å². The number of aryl methyl sites for hydroxylation is 2. The van der Waals surface area contributed by atoms with Gasteiger partial charge in [0.05, 0.1) is 0 Å². The van der Waals surface area contributed by atoms with Crippen molar-refractivity contribution >= 4 is 18.6 Å². The summed E-state index contributed by atoms with van der Waals surface area (Å²) in [5, 5.41) is 0. The van der Waals surface area contributed by atoms with Gasteiger partial charge in [-0.3, -0.25) is 0 Å². The van der Waals surface area contributed by atoms with Crippen LogP contribution in [-0.2, 0) is 27.7 Å². The molecule has 0 atom stereocenters. The van der Waals surface area contributed by atoms with Crippen LogP contribution in [0.1, 0.15) is 71.7 Å². The molecule has 0 unspecified atom stereocenters. The van der Waals surface area contributed by atoms with E-state index in [-0.39, 0.29) is 30.2 Å². The summed E-state index contributed by atoms with van der Waals surface area (Å²) < 4.78 is 4.81. The van der Waals surface area contributed by atoms with Gasteiger partial charge in [-0.1, -0.05) is 0 Å². The van der Waals surface area contributed by atoms with Crippen LogP contribution in [-0.4, -0.2) is 3.21 Å². The van der Waals surface area contributed by atoms with E-state index in [2.05, 4.69) is 139 Å². The quantitative estimate of drug-likeness (QED) is 0.253. The summed E-state index contributed by atoms with van der Waals surface area (Å²) in [6, 6.07) is 30.3. The molecule has 4 aromatic rings. The van der Waals surface area contributed by atoms with E-state index >= 15 is 0 Å². The van der Waals surface area contributed by atoms with Crippen molar-refractivity contribution in [3.63, 3.8) is 0 Å². The van der Waals surface area contributed by atoms with Gasteiger partial charge in [0.2, 0.25) is 0 Å². The summed E-state index contributed by atoms with van der Waals surface area (Å²) in [7, 11) is 0. The molecule has 0 bridgehead atoms. The molecule has 0 amide bonds. The SMILES string of the molecule is C=Cc1ccc2c(c1)-c1cc(C=C)c[c]([Zr+2]([C]3=CC(C(C)(C)C)=CC3)=[C](c3ccc(C)cc3)c3ccc(C)cc3)c1C2.[Cl-].[Cl-]. The van der Waals surface area contributed by atoms with E-state index in [0.29, 0.717) is 0 Å². The van der Waals surface area contributed by atoms with Crippen LogP contribution in [0.5, 0.6) is 0 Å². The van der Waals surface area contributed by atoms with Crippen molar-refractivity contribution in [2.75, 3.05) is 0 Å². The largest absolute Gasteiger partial charge is 1.00 e. The molecule has 3 heteroatoms. The molecule has 0 spiro atoms. The summed E-state index contributed by atoms with van der Waals surface area (Å²) in [4.78, 5) is 0. The molecule has 0 saturated heterocycles. The second-order valence-corrected chi connectivity index (χ2v) is 18.8. The van der Waals surface area contributed by atoms with Gasteiger partial charge in [-0.05, 0) is 0 Å². The van der Waals surface area contributed by atoms with Crippen molar-refractivity contribution < 1.29 is 46.1 Å². The van der Waals surface area contributed by atoms with Crippen LogP contribution in [0.15, 0.2) is 113 Å². The van der Waals surface area contributed by atoms with E-state index < -0.39 is 21.3 Å². The molecule has 0 radical (unpaired) electrons. The van der Waals surface area contributed by atoms with Gasteiger partial charge in [0.25, 0.3) is 0 Å². The molecule has 0 saturated carbocycles. The van der Waals surface area contributed by atoms with E-state index in [4.69, 9.17) is 0 Å². The van der Waals surface area contributed by atoms with Crippen LogP contribution in [0.3, 0.4) is 0 Å². The normalized spacial score (nSPS) is 12.8. The Balaban J connectivity index is 0.00000221. The standard InChI is InChI=1S/C17H13.C15H14.C9H13.2ClH.Zr/c1-3-12-5-7-14-11-15-8-6-13(4-2)10-17(15)16(14)9-12;1-12-3-7-14(8-4-12)11-15-9-5-13(2)6-10-15;1-9(2,3)8-6-4-5-7-8;;;/h3-7,9-10H,1-2,11H2;3-10H,1-2H3;6-7H,4H2,1-3H3;2*1H;/q;;;;;+2/p-2. The molecule has 0 aliphatic heterocycles. The number of fused-ring (bicyclic) bond motifs is 3. The molecule has 0 heterocycles. The topological polar surface area (TPSA) is 0 Å². The zero-order chi connectivity index (χ0) is 29.6. The van der Waals surface area contributed by atoms with Crippen molar-refractivity contribution in [1.29, 1.82) is 0 Å². The van der Waals surface area contributed by atoms with E-state index in [1.165, 1.54) is 61.2 Å². The smallest absolute Gasteiger partial charge is 1.00 e. The number of benzene rings is 4. The summed E-state index contributed by atoms with van der Waals surface area (Å²) in [5.74, 6) is 0. The summed E-state index contributed by atoms with van der Waals surface area (Å²) in [5.41, 5.74) is 15.0. The Morgan fingerprint density at radius 1 is 0.727 bits per heavy atom. The first-order chi connectivity index (χ1) is 20.2. The van der Waals surface area contributed by atoms with Crippen LogP contribution >= 0.6 is 0 Å². The van der Waals surface area contributed by atoms with Gasteiger partial charge < -0.3 is 24.8 Å². The van der Waals surface area contributed by atoms with Gasteiger partial charge in [-0.25, -0.2) is 0 Å². The van der Waals surface area contributed by atoms with Crippen molar-refractivity contribution in [2.45, 2.75) is 47.5 Å². The van der Waals surface area contributed by atoms with Gasteiger partial charge in [0, 0.05) is 0 Å². The molecule has 222 valence electrons. The average molecular weight is 695 g/mol. The summed E-state index contributed by atoms with van der Waals surface area (Å²) in [6.45, 7) is 19.7. The Kier molecular flexibility index (Phi) is 10.6. The molecule has 2 aliphatic rings. The average Bonchev–Trinajstić information content (AvgIpc) is 3.62. The zero-order valence-corrected chi connectivity index (χ0v) is 30.4. The molecule has 0 N–H and O–H groups in total. The number of rotatable bonds is 6. The fraction of sp³-hybridized carbons (Fsp3) is 0.195. The molecule has 0 fully saturated rings. The van der Waals surface area contributed by atoms with Crippen LogP contribution in [0.4, 0.5) is 0 Å². The maximum Gasteiger partial charge on any atom is -1.00 e. The molecule has 44 heavy (non-hydrogen) atoms. The van der Waals surface area contributed by atoms with E-state index in [1.54, 1.807) is 9.76 Å². The summed E-state index contributed by atoms with van der Waals surface area (Å²) >= 11 is -2.78. The first-order valence-corrected chi connectivity index (χ1v) is 18.7. The van der Waals surface area contributed by atoms with Crippen LogP contribution in [0.25, 0.3) is 23.3 Å². The second-order valence-electron chi connectivity index (χ2n) is 12.9. The number of hydrogen-bond acceptors (Lipinski definition) is 0. The number of allylic oxidation sites excluding steroid dienone is 4. The third-order valence-corrected chi connectivity index (χ3v) is 16.3. The number of hydrogen-bond donors (Lipinski definition) is 0. The van der Waals surface area contributed by atoms with Crippen molar-refractivity contribution in [3.8, 4) is 11.1 Å². The van der Waals surface area contributed by atoms with Gasteiger partial charge in [0.1, 0.15) is 0 Å². The van der Waals surface area contributed by atoms with Gasteiger partial charge in [-0.2, -0.15) is 0 Å². The maximum absolute atomic E-state index is 4.24. The minimum Gasteiger partial charge on any atom is -1.00 e. The van der Waals surface area contributed by atoms with Crippen LogP contribution in [0, 0.1) is 19.3 Å². The molecule has 6 rings (SSSR count). The molecule has 0 nitrogen and oxygen atoms in total. The Morgan fingerprint density at radius 3 is 1.82 bits per heavy atom. The van der Waals surface area contributed by atoms with Gasteiger partial charge in [-0.15, -0.1) is 0 Å². The molecule has 2 aliphatic carbocycles. The molecule has 0 aromatic heterocycles. The Hall–Kier alpha value is -2.83. The maximum atomic E-state index is 4.24. The predicted molar refractivity (Wildman–Crippen MR) is 180 cm³/mol. The minimum atomic E-state index is -2.78. The third kappa shape index (κ3) is 6.58. The van der Waals surface area contributed by atoms with Crippen LogP contribution < -0.4 is 28.1 Å². The van der Waals surface area contributed by atoms with Crippen molar-refractivity contribution in [2.24, 2.45) is 5.41 Å². The van der Waals surface area contributed by atoms with Gasteiger partial charge >= 0.3 is 261 Å². The van der Waals surface area contributed by atoms with E-state index in [9.17, 15) is 0 Å². The first-order valence-electron chi connectivity index (χ1n) is 15.0. The van der Waals surface area contributed by atoms with Crippen molar-refractivity contribution in [1.82, 2.24) is 0 Å². The Morgan fingerprint density at radius 2 is 1.30 bits per heavy atom. The minimum absolute atomic E-state index is 0. The van der Waals surface area contributed by atoms with Gasteiger partial charge in [0.15, 0.2) is 0 Å². The first kappa shape index (κ1) is 34.1. The monoisotopic (exact) mass is 692 g/mol. The molecular formula is C41H40Cl2Zr. The Labute approximate surface area is 284 Å².